The molecule has 6 heteroatoms. The van der Waals surface area contributed by atoms with E-state index in [2.05, 4.69) is 17.1 Å². The molecule has 3 rings (SSSR count). The zero-order chi connectivity index (χ0) is 15.7. The SMILES string of the molecule is COc1ccc(S(=O)(=O)N(C)C2Cc3ccccc3C2)cn1. The number of nitrogens with zero attached hydrogens (tertiary/aromatic N) is 2. The molecule has 0 aliphatic heterocycles. The fraction of sp³-hybridized carbons (Fsp3) is 0.312. The van der Waals surface area contributed by atoms with Gasteiger partial charge in [0.1, 0.15) is 4.90 Å². The van der Waals surface area contributed by atoms with Gasteiger partial charge in [0, 0.05) is 19.2 Å². The van der Waals surface area contributed by atoms with Crippen molar-refractivity contribution >= 4 is 10.0 Å². The van der Waals surface area contributed by atoms with Crippen LogP contribution in [-0.4, -0.2) is 37.9 Å². The van der Waals surface area contributed by atoms with Crippen LogP contribution < -0.4 is 4.74 Å². The Morgan fingerprint density at radius 3 is 2.27 bits per heavy atom. The van der Waals surface area contributed by atoms with Crippen molar-refractivity contribution in [1.29, 1.82) is 0 Å². The summed E-state index contributed by atoms with van der Waals surface area (Å²) in [5.41, 5.74) is 2.45. The minimum Gasteiger partial charge on any atom is -0.481 e. The molecule has 0 fully saturated rings. The van der Waals surface area contributed by atoms with Crippen LogP contribution in [0.1, 0.15) is 11.1 Å². The average Bonchev–Trinajstić information content (AvgIpc) is 2.98. The second-order valence-corrected chi connectivity index (χ2v) is 7.39. The molecule has 5 nitrogen and oxygen atoms in total. The van der Waals surface area contributed by atoms with Gasteiger partial charge in [-0.25, -0.2) is 13.4 Å². The smallest absolute Gasteiger partial charge is 0.244 e. The number of ether oxygens (including phenoxy) is 1. The molecule has 1 aromatic carbocycles. The Balaban J connectivity index is 1.83. The highest BCUT2D eigenvalue weighted by Crippen LogP contribution is 2.28. The third-order valence-electron chi connectivity index (χ3n) is 4.14. The summed E-state index contributed by atoms with van der Waals surface area (Å²) in [6.45, 7) is 0. The second-order valence-electron chi connectivity index (χ2n) is 5.39. The van der Waals surface area contributed by atoms with Crippen LogP contribution in [0.15, 0.2) is 47.5 Å². The molecule has 0 saturated heterocycles. The van der Waals surface area contributed by atoms with Gasteiger partial charge in [-0.05, 0) is 30.0 Å². The van der Waals surface area contributed by atoms with Gasteiger partial charge in [0.25, 0.3) is 0 Å². The van der Waals surface area contributed by atoms with Crippen molar-refractivity contribution in [3.8, 4) is 5.88 Å². The molecule has 1 heterocycles. The summed E-state index contributed by atoms with van der Waals surface area (Å²) in [5.74, 6) is 0.398. The van der Waals surface area contributed by atoms with Gasteiger partial charge in [-0.1, -0.05) is 24.3 Å². The summed E-state index contributed by atoms with van der Waals surface area (Å²) < 4.78 is 31.8. The van der Waals surface area contributed by atoms with Crippen molar-refractivity contribution in [1.82, 2.24) is 9.29 Å². The van der Waals surface area contributed by atoms with Gasteiger partial charge >= 0.3 is 0 Å². The molecule has 1 aliphatic rings. The second kappa shape index (κ2) is 5.70. The minimum absolute atomic E-state index is 0.0514. The Kier molecular flexibility index (Phi) is 3.88. The number of pyridine rings is 1. The van der Waals surface area contributed by atoms with E-state index in [0.29, 0.717) is 5.88 Å². The highest BCUT2D eigenvalue weighted by molar-refractivity contribution is 7.89. The lowest BCUT2D eigenvalue weighted by Gasteiger charge is -2.23. The Bertz CT molecular complexity index is 747. The van der Waals surface area contributed by atoms with E-state index >= 15 is 0 Å². The van der Waals surface area contributed by atoms with E-state index < -0.39 is 10.0 Å². The van der Waals surface area contributed by atoms with Crippen molar-refractivity contribution in [2.75, 3.05) is 14.2 Å². The number of sulfonamides is 1. The van der Waals surface area contributed by atoms with E-state index in [1.165, 1.54) is 34.8 Å². The predicted octanol–water partition coefficient (Wildman–Crippen LogP) is 1.88. The van der Waals surface area contributed by atoms with E-state index in [1.807, 2.05) is 12.1 Å². The van der Waals surface area contributed by atoms with Crippen LogP contribution in [0.4, 0.5) is 0 Å². The standard InChI is InChI=1S/C16H18N2O3S/c1-18(14-9-12-5-3-4-6-13(12)10-14)22(19,20)15-7-8-16(21-2)17-11-15/h3-8,11,14H,9-10H2,1-2H3. The van der Waals surface area contributed by atoms with Crippen molar-refractivity contribution in [3.63, 3.8) is 0 Å². The first-order valence-corrected chi connectivity index (χ1v) is 8.51. The summed E-state index contributed by atoms with van der Waals surface area (Å²) in [7, 11) is -0.416. The lowest BCUT2D eigenvalue weighted by atomic mass is 10.1. The number of fused-ring (bicyclic) bond motifs is 1. The lowest BCUT2D eigenvalue weighted by Crippen LogP contribution is -2.37. The van der Waals surface area contributed by atoms with Gasteiger partial charge in [0.05, 0.1) is 13.3 Å². The maximum absolute atomic E-state index is 12.7. The maximum atomic E-state index is 12.7. The number of aromatic nitrogens is 1. The third-order valence-corrected chi connectivity index (χ3v) is 6.03. The van der Waals surface area contributed by atoms with Gasteiger partial charge in [-0.15, -0.1) is 0 Å². The van der Waals surface area contributed by atoms with Gasteiger partial charge < -0.3 is 4.74 Å². The average molecular weight is 318 g/mol. The predicted molar refractivity (Wildman–Crippen MR) is 83.4 cm³/mol. The van der Waals surface area contributed by atoms with Crippen LogP contribution >= 0.6 is 0 Å². The summed E-state index contributed by atoms with van der Waals surface area (Å²) in [5, 5.41) is 0. The molecule has 0 atom stereocenters. The number of hydrogen-bond acceptors (Lipinski definition) is 4. The van der Waals surface area contributed by atoms with Crippen molar-refractivity contribution in [3.05, 3.63) is 53.7 Å². The zero-order valence-corrected chi connectivity index (χ0v) is 13.4. The third kappa shape index (κ3) is 2.60. The van der Waals surface area contributed by atoms with Crippen LogP contribution in [0.3, 0.4) is 0 Å². The number of methoxy groups -OCH3 is 1. The zero-order valence-electron chi connectivity index (χ0n) is 12.6. The molecule has 0 bridgehead atoms. The van der Waals surface area contributed by atoms with Gasteiger partial charge in [0.15, 0.2) is 0 Å². The normalized spacial score (nSPS) is 15.0. The summed E-state index contributed by atoms with van der Waals surface area (Å²) >= 11 is 0. The Morgan fingerprint density at radius 2 is 1.77 bits per heavy atom. The molecular weight excluding hydrogens is 300 g/mol. The fourth-order valence-electron chi connectivity index (χ4n) is 2.80. The summed E-state index contributed by atoms with van der Waals surface area (Å²) in [6.07, 6.45) is 2.83. The molecule has 0 N–H and O–H groups in total. The number of hydrogen-bond donors (Lipinski definition) is 0. The van der Waals surface area contributed by atoms with Crippen molar-refractivity contribution < 1.29 is 13.2 Å². The van der Waals surface area contributed by atoms with Gasteiger partial charge in [0.2, 0.25) is 15.9 Å². The van der Waals surface area contributed by atoms with Crippen LogP contribution in [0.2, 0.25) is 0 Å². The molecule has 0 amide bonds. The maximum Gasteiger partial charge on any atom is 0.244 e. The van der Waals surface area contributed by atoms with Gasteiger partial charge in [-0.3, -0.25) is 0 Å². The molecule has 0 radical (unpaired) electrons. The Morgan fingerprint density at radius 1 is 1.14 bits per heavy atom. The first-order valence-electron chi connectivity index (χ1n) is 7.07. The van der Waals surface area contributed by atoms with E-state index in [1.54, 1.807) is 13.1 Å². The summed E-state index contributed by atoms with van der Waals surface area (Å²) in [4.78, 5) is 4.17. The Labute approximate surface area is 130 Å². The van der Waals surface area contributed by atoms with E-state index in [9.17, 15) is 8.42 Å². The monoisotopic (exact) mass is 318 g/mol. The molecular formula is C16H18N2O3S. The first kappa shape index (κ1) is 15.0. The van der Waals surface area contributed by atoms with Gasteiger partial charge in [-0.2, -0.15) is 4.31 Å². The Hall–Kier alpha value is -1.92. The van der Waals surface area contributed by atoms with Crippen molar-refractivity contribution in [2.24, 2.45) is 0 Å². The molecule has 1 aliphatic carbocycles. The number of likely N-dealkylation sites (N-methyl/N-ethyl adjacent to an activating group) is 1. The van der Waals surface area contributed by atoms with E-state index in [4.69, 9.17) is 4.74 Å². The highest BCUT2D eigenvalue weighted by atomic mass is 32.2. The largest absolute Gasteiger partial charge is 0.481 e. The first-order chi connectivity index (χ1) is 10.5. The fourth-order valence-corrected chi connectivity index (χ4v) is 4.10. The van der Waals surface area contributed by atoms with Crippen LogP contribution in [0, 0.1) is 0 Å². The van der Waals surface area contributed by atoms with E-state index in [0.717, 1.165) is 12.8 Å². The molecule has 116 valence electrons. The minimum atomic E-state index is -3.55. The lowest BCUT2D eigenvalue weighted by molar-refractivity contribution is 0.377. The summed E-state index contributed by atoms with van der Waals surface area (Å²) in [6, 6.07) is 11.1. The highest BCUT2D eigenvalue weighted by Gasteiger charge is 2.32. The molecule has 0 unspecified atom stereocenters. The molecule has 0 saturated carbocycles. The van der Waals surface area contributed by atoms with Crippen LogP contribution in [0.5, 0.6) is 5.88 Å². The molecule has 0 spiro atoms. The number of rotatable bonds is 4. The van der Waals surface area contributed by atoms with Crippen molar-refractivity contribution in [2.45, 2.75) is 23.8 Å². The van der Waals surface area contributed by atoms with Crippen LogP contribution in [0.25, 0.3) is 0 Å². The number of benzene rings is 1. The van der Waals surface area contributed by atoms with E-state index in [-0.39, 0.29) is 10.9 Å². The van der Waals surface area contributed by atoms with Crippen LogP contribution in [-0.2, 0) is 22.9 Å². The molecule has 22 heavy (non-hydrogen) atoms. The quantitative estimate of drug-likeness (QED) is 0.863. The molecule has 2 aromatic rings. The topological polar surface area (TPSA) is 59.5 Å². The molecule has 1 aromatic heterocycles.